The maximum absolute atomic E-state index is 12.4. The second-order valence-corrected chi connectivity index (χ2v) is 6.68. The van der Waals surface area contributed by atoms with Gasteiger partial charge < -0.3 is 15.8 Å². The van der Waals surface area contributed by atoms with Crippen LogP contribution < -0.4 is 11.1 Å². The third kappa shape index (κ3) is 3.12. The van der Waals surface area contributed by atoms with Crippen molar-refractivity contribution < 1.29 is 9.53 Å². The van der Waals surface area contributed by atoms with Crippen LogP contribution in [-0.4, -0.2) is 24.7 Å². The lowest BCUT2D eigenvalue weighted by Gasteiger charge is -2.51. The first-order valence-electron chi connectivity index (χ1n) is 6.94. The molecule has 0 heterocycles. The standard InChI is InChI=1S/C15H20Cl2N2O2/c1-4-21-12-7-11(15(12,2)3)19-14(20)9-5-8(18)6-10(16)13(9)17/h5-6,11-12H,4,7,18H2,1-3H3,(H,19,20). The molecular weight excluding hydrogens is 311 g/mol. The van der Waals surface area contributed by atoms with E-state index in [0.717, 1.165) is 6.42 Å². The van der Waals surface area contributed by atoms with Gasteiger partial charge in [0.1, 0.15) is 0 Å². The highest BCUT2D eigenvalue weighted by Crippen LogP contribution is 2.43. The molecule has 1 aliphatic rings. The van der Waals surface area contributed by atoms with Crippen LogP contribution in [0.2, 0.25) is 10.0 Å². The molecule has 4 nitrogen and oxygen atoms in total. The van der Waals surface area contributed by atoms with Gasteiger partial charge in [0.05, 0.1) is 21.7 Å². The van der Waals surface area contributed by atoms with Crippen molar-refractivity contribution in [2.45, 2.75) is 39.3 Å². The van der Waals surface area contributed by atoms with E-state index >= 15 is 0 Å². The molecule has 0 aromatic heterocycles. The Morgan fingerprint density at radius 2 is 2.14 bits per heavy atom. The highest BCUT2D eigenvalue weighted by molar-refractivity contribution is 6.44. The normalized spacial score (nSPS) is 23.5. The van der Waals surface area contributed by atoms with E-state index in [0.29, 0.717) is 17.9 Å². The number of benzene rings is 1. The molecule has 0 aliphatic heterocycles. The van der Waals surface area contributed by atoms with E-state index in [2.05, 4.69) is 19.2 Å². The number of ether oxygens (including phenoxy) is 1. The van der Waals surface area contributed by atoms with E-state index in [1.54, 1.807) is 0 Å². The molecule has 1 saturated carbocycles. The van der Waals surface area contributed by atoms with Crippen LogP contribution in [0.25, 0.3) is 0 Å². The molecule has 0 bridgehead atoms. The lowest BCUT2D eigenvalue weighted by molar-refractivity contribution is -0.111. The van der Waals surface area contributed by atoms with Crippen molar-refractivity contribution in [2.24, 2.45) is 5.41 Å². The van der Waals surface area contributed by atoms with Crippen LogP contribution in [0.15, 0.2) is 12.1 Å². The largest absolute Gasteiger partial charge is 0.399 e. The fourth-order valence-corrected chi connectivity index (χ4v) is 3.05. The first-order valence-corrected chi connectivity index (χ1v) is 7.70. The van der Waals surface area contributed by atoms with Crippen molar-refractivity contribution in [3.05, 3.63) is 27.7 Å². The molecule has 3 N–H and O–H groups in total. The van der Waals surface area contributed by atoms with Gasteiger partial charge in [-0.3, -0.25) is 4.79 Å². The van der Waals surface area contributed by atoms with Gasteiger partial charge in [-0.05, 0) is 25.5 Å². The molecule has 21 heavy (non-hydrogen) atoms. The first-order chi connectivity index (χ1) is 9.77. The zero-order valence-electron chi connectivity index (χ0n) is 12.4. The zero-order chi connectivity index (χ0) is 15.8. The van der Waals surface area contributed by atoms with E-state index in [1.165, 1.54) is 12.1 Å². The minimum absolute atomic E-state index is 0.0397. The van der Waals surface area contributed by atoms with Gasteiger partial charge in [0.25, 0.3) is 5.91 Å². The average Bonchev–Trinajstić information content (AvgIpc) is 2.41. The van der Waals surface area contributed by atoms with Gasteiger partial charge in [0.15, 0.2) is 0 Å². The summed E-state index contributed by atoms with van der Waals surface area (Å²) in [5, 5.41) is 3.49. The quantitative estimate of drug-likeness (QED) is 0.830. The van der Waals surface area contributed by atoms with E-state index < -0.39 is 0 Å². The second kappa shape index (κ2) is 6.03. The molecule has 6 heteroatoms. The Morgan fingerprint density at radius 3 is 2.71 bits per heavy atom. The number of nitrogen functional groups attached to an aromatic ring is 1. The topological polar surface area (TPSA) is 64.3 Å². The zero-order valence-corrected chi connectivity index (χ0v) is 13.9. The Hall–Kier alpha value is -0.970. The van der Waals surface area contributed by atoms with Crippen molar-refractivity contribution in [1.29, 1.82) is 0 Å². The summed E-state index contributed by atoms with van der Waals surface area (Å²) in [7, 11) is 0. The van der Waals surface area contributed by atoms with Crippen LogP contribution in [0.5, 0.6) is 0 Å². The number of nitrogens with two attached hydrogens (primary N) is 1. The molecule has 0 spiro atoms. The molecular formula is C15H20Cl2N2O2. The minimum atomic E-state index is -0.262. The summed E-state index contributed by atoms with van der Waals surface area (Å²) in [5.41, 5.74) is 6.32. The smallest absolute Gasteiger partial charge is 0.253 e. The lowest BCUT2D eigenvalue weighted by atomic mass is 9.64. The maximum Gasteiger partial charge on any atom is 0.253 e. The molecule has 1 aromatic carbocycles. The number of hydrogen-bond acceptors (Lipinski definition) is 3. The van der Waals surface area contributed by atoms with Crippen LogP contribution in [0.1, 0.15) is 37.6 Å². The van der Waals surface area contributed by atoms with Crippen molar-refractivity contribution >= 4 is 34.8 Å². The third-order valence-corrected chi connectivity index (χ3v) is 4.95. The SMILES string of the molecule is CCOC1CC(NC(=O)c2cc(N)cc(Cl)c2Cl)C1(C)C. The molecule has 2 unspecified atom stereocenters. The molecule has 0 saturated heterocycles. The highest BCUT2D eigenvalue weighted by atomic mass is 35.5. The molecule has 0 radical (unpaired) electrons. The number of halogens is 2. The monoisotopic (exact) mass is 330 g/mol. The van der Waals surface area contributed by atoms with Crippen molar-refractivity contribution in [3.63, 3.8) is 0 Å². The van der Waals surface area contributed by atoms with Crippen LogP contribution in [0.3, 0.4) is 0 Å². The van der Waals surface area contributed by atoms with E-state index in [-0.39, 0.29) is 33.5 Å². The fourth-order valence-electron chi connectivity index (χ4n) is 2.63. The number of nitrogens with one attached hydrogen (secondary N) is 1. The molecule has 1 fully saturated rings. The number of hydrogen-bond donors (Lipinski definition) is 2. The van der Waals surface area contributed by atoms with Gasteiger partial charge in [0, 0.05) is 23.8 Å². The van der Waals surface area contributed by atoms with Crippen molar-refractivity contribution in [2.75, 3.05) is 12.3 Å². The van der Waals surface area contributed by atoms with Crippen LogP contribution in [-0.2, 0) is 4.74 Å². The van der Waals surface area contributed by atoms with Gasteiger partial charge in [-0.25, -0.2) is 0 Å². The van der Waals surface area contributed by atoms with E-state index in [9.17, 15) is 4.79 Å². The van der Waals surface area contributed by atoms with Gasteiger partial charge in [-0.15, -0.1) is 0 Å². The van der Waals surface area contributed by atoms with Gasteiger partial charge in [-0.2, -0.15) is 0 Å². The number of rotatable bonds is 4. The Balaban J connectivity index is 2.10. The second-order valence-electron chi connectivity index (χ2n) is 5.89. The molecule has 1 aromatic rings. The molecule has 116 valence electrons. The summed E-state index contributed by atoms with van der Waals surface area (Å²) in [6.07, 6.45) is 0.952. The first kappa shape index (κ1) is 16.4. The van der Waals surface area contributed by atoms with Crippen LogP contribution in [0.4, 0.5) is 5.69 Å². The van der Waals surface area contributed by atoms with Gasteiger partial charge in [0.2, 0.25) is 0 Å². The Labute approximate surface area is 134 Å². The van der Waals surface area contributed by atoms with E-state index in [4.69, 9.17) is 33.7 Å². The average molecular weight is 331 g/mol. The summed E-state index contributed by atoms with van der Waals surface area (Å²) in [6, 6.07) is 3.10. The van der Waals surface area contributed by atoms with Crippen LogP contribution in [0, 0.1) is 5.41 Å². The van der Waals surface area contributed by atoms with Crippen molar-refractivity contribution in [1.82, 2.24) is 5.32 Å². The molecule has 1 aliphatic carbocycles. The predicted octanol–water partition coefficient (Wildman–Crippen LogP) is 3.51. The van der Waals surface area contributed by atoms with Gasteiger partial charge >= 0.3 is 0 Å². The fraction of sp³-hybridized carbons (Fsp3) is 0.533. The Bertz CT molecular complexity index is 561. The predicted molar refractivity (Wildman–Crippen MR) is 85.9 cm³/mol. The third-order valence-electron chi connectivity index (χ3n) is 4.15. The number of carbonyl (C=O) groups excluding carboxylic acids is 1. The number of carbonyl (C=O) groups is 1. The van der Waals surface area contributed by atoms with Crippen LogP contribution >= 0.6 is 23.2 Å². The summed E-state index contributed by atoms with van der Waals surface area (Å²) in [5.74, 6) is -0.262. The summed E-state index contributed by atoms with van der Waals surface area (Å²) < 4.78 is 5.65. The number of amides is 1. The lowest BCUT2D eigenvalue weighted by Crippen LogP contribution is -2.62. The minimum Gasteiger partial charge on any atom is -0.399 e. The summed E-state index contributed by atoms with van der Waals surface area (Å²) in [6.45, 7) is 6.80. The number of anilines is 1. The Morgan fingerprint density at radius 1 is 1.48 bits per heavy atom. The molecule has 1 amide bonds. The van der Waals surface area contributed by atoms with Crippen molar-refractivity contribution in [3.8, 4) is 0 Å². The maximum atomic E-state index is 12.4. The summed E-state index contributed by atoms with van der Waals surface area (Å²) in [4.78, 5) is 12.4. The van der Waals surface area contributed by atoms with Gasteiger partial charge in [-0.1, -0.05) is 37.0 Å². The van der Waals surface area contributed by atoms with E-state index in [1.807, 2.05) is 6.92 Å². The molecule has 2 atom stereocenters. The summed E-state index contributed by atoms with van der Waals surface area (Å²) >= 11 is 12.0. The Kier molecular flexibility index (Phi) is 4.71. The highest BCUT2D eigenvalue weighted by Gasteiger charge is 2.49. The molecule has 2 rings (SSSR count).